The van der Waals surface area contributed by atoms with E-state index in [1.165, 1.54) is 0 Å². The van der Waals surface area contributed by atoms with E-state index in [4.69, 9.17) is 4.74 Å². The van der Waals surface area contributed by atoms with Crippen LogP contribution in [-0.4, -0.2) is 16.5 Å². The van der Waals surface area contributed by atoms with Crippen molar-refractivity contribution in [1.82, 2.24) is 9.97 Å². The minimum atomic E-state index is 0.546. The fourth-order valence-electron chi connectivity index (χ4n) is 1.67. The lowest BCUT2D eigenvalue weighted by molar-refractivity contribution is 0.459. The van der Waals surface area contributed by atoms with Gasteiger partial charge >= 0.3 is 0 Å². The minimum absolute atomic E-state index is 0.546. The Hall–Kier alpha value is -1.62. The molecule has 5 heteroatoms. The predicted octanol–water partition coefficient (Wildman–Crippen LogP) is 4.08. The van der Waals surface area contributed by atoms with E-state index in [9.17, 15) is 0 Å². The smallest absolute Gasteiger partial charge is 0.224 e. The molecule has 2 aromatic rings. The standard InChI is InChI=1S/C14H16BrN3O/c1-4-16-13-8-14(18-10(3)17-13)19-11-5-6-12(15)9(2)7-11/h5-8H,4H2,1-3H3,(H,16,17,18). The van der Waals surface area contributed by atoms with Crippen molar-refractivity contribution < 1.29 is 4.74 Å². The molecule has 0 aliphatic carbocycles. The van der Waals surface area contributed by atoms with Crippen molar-refractivity contribution in [3.63, 3.8) is 0 Å². The van der Waals surface area contributed by atoms with Gasteiger partial charge in [0.05, 0.1) is 0 Å². The highest BCUT2D eigenvalue weighted by atomic mass is 79.9. The van der Waals surface area contributed by atoms with Crippen molar-refractivity contribution in [2.75, 3.05) is 11.9 Å². The monoisotopic (exact) mass is 321 g/mol. The van der Waals surface area contributed by atoms with Crippen LogP contribution in [0.5, 0.6) is 11.6 Å². The van der Waals surface area contributed by atoms with Gasteiger partial charge in [-0.3, -0.25) is 0 Å². The number of anilines is 1. The van der Waals surface area contributed by atoms with E-state index < -0.39 is 0 Å². The Balaban J connectivity index is 2.24. The Bertz CT molecular complexity index is 587. The third-order valence-corrected chi connectivity index (χ3v) is 3.41. The van der Waals surface area contributed by atoms with E-state index in [0.717, 1.165) is 28.1 Å². The molecule has 0 atom stereocenters. The highest BCUT2D eigenvalue weighted by molar-refractivity contribution is 9.10. The summed E-state index contributed by atoms with van der Waals surface area (Å²) in [7, 11) is 0. The summed E-state index contributed by atoms with van der Waals surface area (Å²) in [5, 5.41) is 3.16. The zero-order valence-corrected chi connectivity index (χ0v) is 12.8. The van der Waals surface area contributed by atoms with Gasteiger partial charge in [-0.15, -0.1) is 0 Å². The van der Waals surface area contributed by atoms with Crippen molar-refractivity contribution in [2.24, 2.45) is 0 Å². The van der Waals surface area contributed by atoms with Crippen LogP contribution < -0.4 is 10.1 Å². The Morgan fingerprint density at radius 2 is 2.00 bits per heavy atom. The molecule has 0 aliphatic rings. The average molecular weight is 322 g/mol. The topological polar surface area (TPSA) is 47.0 Å². The molecule has 0 fully saturated rings. The molecule has 100 valence electrons. The van der Waals surface area contributed by atoms with Gasteiger partial charge in [0.25, 0.3) is 0 Å². The Kier molecular flexibility index (Phi) is 4.37. The van der Waals surface area contributed by atoms with Crippen LogP contribution in [0.3, 0.4) is 0 Å². The van der Waals surface area contributed by atoms with Gasteiger partial charge in [-0.1, -0.05) is 15.9 Å². The number of halogens is 1. The number of rotatable bonds is 4. The number of hydrogen-bond acceptors (Lipinski definition) is 4. The first-order valence-electron chi connectivity index (χ1n) is 6.12. The third kappa shape index (κ3) is 3.67. The van der Waals surface area contributed by atoms with Gasteiger partial charge in [-0.2, -0.15) is 4.98 Å². The second kappa shape index (κ2) is 6.02. The molecule has 0 amide bonds. The lowest BCUT2D eigenvalue weighted by Gasteiger charge is -2.09. The number of benzene rings is 1. The fraction of sp³-hybridized carbons (Fsp3) is 0.286. The summed E-state index contributed by atoms with van der Waals surface area (Å²) < 4.78 is 6.83. The zero-order chi connectivity index (χ0) is 13.8. The molecule has 19 heavy (non-hydrogen) atoms. The van der Waals surface area contributed by atoms with Gasteiger partial charge in [0.2, 0.25) is 5.88 Å². The van der Waals surface area contributed by atoms with Crippen molar-refractivity contribution in [1.29, 1.82) is 0 Å². The number of aromatic nitrogens is 2. The molecule has 0 unspecified atom stereocenters. The van der Waals surface area contributed by atoms with Crippen LogP contribution in [0.25, 0.3) is 0 Å². The van der Waals surface area contributed by atoms with Gasteiger partial charge in [-0.05, 0) is 44.5 Å². The van der Waals surface area contributed by atoms with E-state index in [1.807, 2.05) is 39.0 Å². The van der Waals surface area contributed by atoms with Crippen LogP contribution in [0.2, 0.25) is 0 Å². The summed E-state index contributed by atoms with van der Waals surface area (Å²) in [6.45, 7) is 6.70. The third-order valence-electron chi connectivity index (χ3n) is 2.52. The molecule has 1 N–H and O–H groups in total. The van der Waals surface area contributed by atoms with Crippen LogP contribution in [0.15, 0.2) is 28.7 Å². The number of nitrogens with one attached hydrogen (secondary N) is 1. The molecule has 4 nitrogen and oxygen atoms in total. The summed E-state index contributed by atoms with van der Waals surface area (Å²) in [4.78, 5) is 8.57. The summed E-state index contributed by atoms with van der Waals surface area (Å²) in [5.74, 6) is 2.77. The van der Waals surface area contributed by atoms with Crippen molar-refractivity contribution in [3.05, 3.63) is 40.1 Å². The normalized spacial score (nSPS) is 10.3. The molecule has 1 aromatic heterocycles. The van der Waals surface area contributed by atoms with Crippen LogP contribution >= 0.6 is 15.9 Å². The quantitative estimate of drug-likeness (QED) is 0.921. The summed E-state index contributed by atoms with van der Waals surface area (Å²) in [6, 6.07) is 7.63. The van der Waals surface area contributed by atoms with Crippen molar-refractivity contribution in [3.8, 4) is 11.6 Å². The number of aryl methyl sites for hydroxylation is 2. The first-order chi connectivity index (χ1) is 9.08. The van der Waals surface area contributed by atoms with E-state index in [-0.39, 0.29) is 0 Å². The van der Waals surface area contributed by atoms with E-state index in [1.54, 1.807) is 6.07 Å². The molecule has 2 rings (SSSR count). The minimum Gasteiger partial charge on any atom is -0.439 e. The summed E-state index contributed by atoms with van der Waals surface area (Å²) >= 11 is 3.47. The molecule has 0 saturated carbocycles. The molecule has 0 aliphatic heterocycles. The Morgan fingerprint density at radius 1 is 1.21 bits per heavy atom. The lowest BCUT2D eigenvalue weighted by atomic mass is 10.2. The van der Waals surface area contributed by atoms with Crippen LogP contribution in [0.4, 0.5) is 5.82 Å². The maximum Gasteiger partial charge on any atom is 0.224 e. The van der Waals surface area contributed by atoms with Crippen molar-refractivity contribution in [2.45, 2.75) is 20.8 Å². The van der Waals surface area contributed by atoms with Crippen molar-refractivity contribution >= 4 is 21.7 Å². The van der Waals surface area contributed by atoms with Gasteiger partial charge in [0, 0.05) is 17.1 Å². The zero-order valence-electron chi connectivity index (χ0n) is 11.2. The van der Waals surface area contributed by atoms with Gasteiger partial charge in [0.1, 0.15) is 17.4 Å². The molecule has 0 bridgehead atoms. The fourth-order valence-corrected chi connectivity index (χ4v) is 1.91. The molecular formula is C14H16BrN3O. The van der Waals surface area contributed by atoms with Gasteiger partial charge in [-0.25, -0.2) is 4.98 Å². The molecule has 0 spiro atoms. The highest BCUT2D eigenvalue weighted by Gasteiger charge is 2.05. The number of ether oxygens (including phenoxy) is 1. The molecule has 1 aromatic carbocycles. The first-order valence-corrected chi connectivity index (χ1v) is 6.91. The average Bonchev–Trinajstić information content (AvgIpc) is 2.33. The lowest BCUT2D eigenvalue weighted by Crippen LogP contribution is -2.02. The molecule has 0 radical (unpaired) electrons. The van der Waals surface area contributed by atoms with Crippen LogP contribution in [0.1, 0.15) is 18.3 Å². The maximum atomic E-state index is 5.77. The van der Waals surface area contributed by atoms with E-state index >= 15 is 0 Å². The SMILES string of the molecule is CCNc1cc(Oc2ccc(Br)c(C)c2)nc(C)n1. The van der Waals surface area contributed by atoms with E-state index in [0.29, 0.717) is 11.7 Å². The first kappa shape index (κ1) is 13.8. The number of hydrogen-bond donors (Lipinski definition) is 1. The molecular weight excluding hydrogens is 306 g/mol. The van der Waals surface area contributed by atoms with Gasteiger partial charge in [0.15, 0.2) is 0 Å². The highest BCUT2D eigenvalue weighted by Crippen LogP contribution is 2.26. The maximum absolute atomic E-state index is 5.77. The van der Waals surface area contributed by atoms with Crippen LogP contribution in [-0.2, 0) is 0 Å². The second-order valence-corrected chi connectivity index (χ2v) is 5.04. The summed E-state index contributed by atoms with van der Waals surface area (Å²) in [5.41, 5.74) is 1.12. The molecule has 1 heterocycles. The largest absolute Gasteiger partial charge is 0.439 e. The molecule has 0 saturated heterocycles. The van der Waals surface area contributed by atoms with Crippen LogP contribution in [0, 0.1) is 13.8 Å². The Labute approximate surface area is 121 Å². The van der Waals surface area contributed by atoms with E-state index in [2.05, 4.69) is 31.2 Å². The second-order valence-electron chi connectivity index (χ2n) is 4.18. The summed E-state index contributed by atoms with van der Waals surface area (Å²) in [6.07, 6.45) is 0. The predicted molar refractivity (Wildman–Crippen MR) is 79.9 cm³/mol. The Morgan fingerprint density at radius 3 is 2.68 bits per heavy atom. The number of nitrogens with zero attached hydrogens (tertiary/aromatic N) is 2. The van der Waals surface area contributed by atoms with Gasteiger partial charge < -0.3 is 10.1 Å².